The van der Waals surface area contributed by atoms with Crippen LogP contribution >= 0.6 is 31.9 Å². The number of alkyl halides is 2. The van der Waals surface area contributed by atoms with Gasteiger partial charge in [0, 0.05) is 27.0 Å². The second-order valence-electron chi connectivity index (χ2n) is 12.1. The molecule has 298 valence electrons. The molecular weight excluding hydrogens is 858 g/mol. The van der Waals surface area contributed by atoms with Crippen molar-refractivity contribution in [2.45, 2.75) is 10.7 Å². The minimum Gasteiger partial charge on any atom is -0.491 e. The molecule has 13 nitrogen and oxygen atoms in total. The van der Waals surface area contributed by atoms with Gasteiger partial charge in [-0.1, -0.05) is 68.3 Å². The van der Waals surface area contributed by atoms with Gasteiger partial charge in [-0.05, 0) is 47.5 Å². The lowest BCUT2D eigenvalue weighted by molar-refractivity contribution is -0.145. The van der Waals surface area contributed by atoms with E-state index in [9.17, 15) is 19.2 Å². The number of carbonyl (C=O) groups excluding carboxylic acids is 4. The fraction of sp³-hybridized carbons (Fsp3) is 0.366. The Hall–Kier alpha value is -4.38. The van der Waals surface area contributed by atoms with E-state index >= 15 is 0 Å². The third-order valence-corrected chi connectivity index (χ3v) is 9.64. The van der Waals surface area contributed by atoms with E-state index in [1.807, 2.05) is 36.4 Å². The molecule has 0 atom stereocenters. The topological polar surface area (TPSA) is 145 Å². The first-order valence-electron chi connectivity index (χ1n) is 18.0. The Bertz CT molecular complexity index is 1880. The highest BCUT2D eigenvalue weighted by atomic mass is 79.9. The second-order valence-corrected chi connectivity index (χ2v) is 13.2. The Morgan fingerprint density at radius 1 is 0.554 bits per heavy atom. The molecule has 1 heterocycles. The molecule has 4 aromatic rings. The Kier molecular flexibility index (Phi) is 17.6. The van der Waals surface area contributed by atoms with Crippen LogP contribution in [0.15, 0.2) is 72.8 Å². The van der Waals surface area contributed by atoms with Crippen molar-refractivity contribution in [1.29, 1.82) is 0 Å². The van der Waals surface area contributed by atoms with Crippen LogP contribution in [0.1, 0.15) is 42.2 Å². The van der Waals surface area contributed by atoms with Crippen LogP contribution in [0.2, 0.25) is 0 Å². The van der Waals surface area contributed by atoms with Gasteiger partial charge in [0.25, 0.3) is 11.8 Å². The zero-order valence-corrected chi connectivity index (χ0v) is 33.9. The van der Waals surface area contributed by atoms with E-state index in [1.165, 1.54) is 0 Å². The Morgan fingerprint density at radius 3 is 1.46 bits per heavy atom. The molecule has 0 fully saturated rings. The van der Waals surface area contributed by atoms with Crippen molar-refractivity contribution in [2.24, 2.45) is 0 Å². The number of amides is 2. The molecule has 4 aromatic carbocycles. The predicted octanol–water partition coefficient (Wildman–Crippen LogP) is 6.18. The van der Waals surface area contributed by atoms with Crippen LogP contribution in [0.25, 0.3) is 10.8 Å². The van der Waals surface area contributed by atoms with Crippen molar-refractivity contribution >= 4 is 66.7 Å². The molecule has 0 unspecified atom stereocenters. The normalized spacial score (nSPS) is 12.2. The first-order valence-corrected chi connectivity index (χ1v) is 20.2. The van der Waals surface area contributed by atoms with E-state index in [4.69, 9.17) is 37.9 Å². The number of fused-ring (bicyclic) bond motifs is 2. The van der Waals surface area contributed by atoms with Crippen LogP contribution in [0.5, 0.6) is 17.2 Å². The third-order valence-electron chi connectivity index (χ3n) is 8.43. The highest BCUT2D eigenvalue weighted by Crippen LogP contribution is 2.33. The van der Waals surface area contributed by atoms with Crippen LogP contribution in [0.3, 0.4) is 0 Å². The van der Waals surface area contributed by atoms with Gasteiger partial charge in [-0.15, -0.1) is 0 Å². The summed E-state index contributed by atoms with van der Waals surface area (Å²) in [6, 6.07) is 22.0. The number of carbonyl (C=O) groups is 4. The lowest BCUT2D eigenvalue weighted by Crippen LogP contribution is -2.36. The van der Waals surface area contributed by atoms with Gasteiger partial charge < -0.3 is 37.9 Å². The Balaban J connectivity index is 0.893. The third kappa shape index (κ3) is 12.1. The number of halogens is 2. The minimum absolute atomic E-state index is 0.0293. The van der Waals surface area contributed by atoms with Crippen molar-refractivity contribution in [3.8, 4) is 17.2 Å². The largest absolute Gasteiger partial charge is 0.491 e. The van der Waals surface area contributed by atoms with Crippen LogP contribution in [0.4, 0.5) is 0 Å². The number of nitrogens with zero attached hydrogens (tertiary/aromatic N) is 1. The highest BCUT2D eigenvalue weighted by Gasteiger charge is 2.40. The molecule has 0 aromatic heterocycles. The zero-order chi connectivity index (χ0) is 39.5. The summed E-state index contributed by atoms with van der Waals surface area (Å²) in [5.74, 6) is 0.401. The maximum Gasteiger partial charge on any atom is 0.326 e. The van der Waals surface area contributed by atoms with Gasteiger partial charge in [0.05, 0.1) is 64.0 Å². The van der Waals surface area contributed by atoms with Crippen molar-refractivity contribution in [2.75, 3.05) is 85.8 Å². The molecule has 0 saturated carbocycles. The van der Waals surface area contributed by atoms with E-state index in [1.54, 1.807) is 36.4 Å². The monoisotopic (exact) mass is 899 g/mol. The standard InChI is InChI=1S/C41H43Br2NO12/c42-25-30-9-10-31(26-43)39-38(30)40(47)44(41(39)48)27-37(46)56-24-20-52-16-15-51-19-23-55-36-6-2-3-33-34(36)4-1-5-35(33)54-22-18-50-14-13-49-17-21-53-32-11-7-29(28-45)8-12-32/h1-12,28H,13-27H2. The van der Waals surface area contributed by atoms with E-state index in [0.717, 1.165) is 27.7 Å². The van der Waals surface area contributed by atoms with Crippen molar-refractivity contribution < 1.29 is 57.1 Å². The molecule has 0 saturated heterocycles. The maximum absolute atomic E-state index is 13.0. The van der Waals surface area contributed by atoms with Gasteiger partial charge in [0.1, 0.15) is 56.5 Å². The first-order chi connectivity index (χ1) is 27.4. The second kappa shape index (κ2) is 23.0. The molecule has 0 radical (unpaired) electrons. The number of hydrogen-bond acceptors (Lipinski definition) is 12. The molecule has 0 spiro atoms. The van der Waals surface area contributed by atoms with Gasteiger partial charge >= 0.3 is 5.97 Å². The average molecular weight is 902 g/mol. The number of imide groups is 1. The number of hydrogen-bond donors (Lipinski definition) is 0. The summed E-state index contributed by atoms with van der Waals surface area (Å²) in [6.45, 7) is 3.32. The first kappa shape index (κ1) is 42.8. The summed E-state index contributed by atoms with van der Waals surface area (Å²) in [5.41, 5.74) is 2.62. The molecule has 0 bridgehead atoms. The summed E-state index contributed by atoms with van der Waals surface area (Å²) in [4.78, 5) is 50.0. The van der Waals surface area contributed by atoms with E-state index < -0.39 is 24.3 Å². The highest BCUT2D eigenvalue weighted by molar-refractivity contribution is 9.08. The van der Waals surface area contributed by atoms with Crippen molar-refractivity contribution in [3.63, 3.8) is 0 Å². The smallest absolute Gasteiger partial charge is 0.326 e. The fourth-order valence-corrected chi connectivity index (χ4v) is 6.66. The molecule has 2 amide bonds. The van der Waals surface area contributed by atoms with Gasteiger partial charge in [-0.2, -0.15) is 0 Å². The quantitative estimate of drug-likeness (QED) is 0.0233. The number of benzene rings is 4. The molecule has 5 rings (SSSR count). The summed E-state index contributed by atoms with van der Waals surface area (Å²) >= 11 is 6.72. The number of esters is 1. The Labute approximate surface area is 341 Å². The molecular formula is C41H43Br2NO12. The molecule has 0 aliphatic carbocycles. The van der Waals surface area contributed by atoms with Crippen LogP contribution in [-0.4, -0.2) is 115 Å². The Morgan fingerprint density at radius 2 is 1.00 bits per heavy atom. The molecule has 15 heteroatoms. The van der Waals surface area contributed by atoms with E-state index in [0.29, 0.717) is 109 Å². The zero-order valence-electron chi connectivity index (χ0n) is 30.7. The lowest BCUT2D eigenvalue weighted by Gasteiger charge is -2.14. The molecule has 1 aliphatic rings. The molecule has 1 aliphatic heterocycles. The van der Waals surface area contributed by atoms with Crippen LogP contribution < -0.4 is 14.2 Å². The molecule has 56 heavy (non-hydrogen) atoms. The van der Waals surface area contributed by atoms with Crippen molar-refractivity contribution in [1.82, 2.24) is 4.90 Å². The van der Waals surface area contributed by atoms with Crippen LogP contribution in [0, 0.1) is 0 Å². The number of ether oxygens (including phenoxy) is 8. The maximum atomic E-state index is 13.0. The summed E-state index contributed by atoms with van der Waals surface area (Å²) < 4.78 is 45.1. The minimum atomic E-state index is -0.698. The van der Waals surface area contributed by atoms with Gasteiger partial charge in [-0.25, -0.2) is 0 Å². The van der Waals surface area contributed by atoms with E-state index in [-0.39, 0.29) is 19.8 Å². The SMILES string of the molecule is O=Cc1ccc(OCCOCCOCCOc2cccc3c(OCCOCCOCCOC(=O)CN4C(=O)c5c(CBr)ccc(CBr)c5C4=O)cccc23)cc1. The molecule has 0 N–H and O–H groups in total. The fourth-order valence-electron chi connectivity index (χ4n) is 5.73. The predicted molar refractivity (Wildman–Crippen MR) is 214 cm³/mol. The average Bonchev–Trinajstić information content (AvgIpc) is 3.47. The van der Waals surface area contributed by atoms with E-state index in [2.05, 4.69) is 31.9 Å². The number of rotatable bonds is 26. The summed E-state index contributed by atoms with van der Waals surface area (Å²) in [6.07, 6.45) is 0.789. The van der Waals surface area contributed by atoms with Gasteiger partial charge in [0.2, 0.25) is 0 Å². The van der Waals surface area contributed by atoms with Gasteiger partial charge in [-0.3, -0.25) is 24.1 Å². The number of aldehydes is 1. The van der Waals surface area contributed by atoms with Crippen molar-refractivity contribution in [3.05, 3.63) is 101 Å². The lowest BCUT2D eigenvalue weighted by atomic mass is 9.99. The summed E-state index contributed by atoms with van der Waals surface area (Å²) in [5, 5.41) is 2.64. The van der Waals surface area contributed by atoms with Gasteiger partial charge in [0.15, 0.2) is 0 Å². The summed E-state index contributed by atoms with van der Waals surface area (Å²) in [7, 11) is 0. The van der Waals surface area contributed by atoms with Crippen LogP contribution in [-0.2, 0) is 39.1 Å².